The van der Waals surface area contributed by atoms with Gasteiger partial charge in [0.2, 0.25) is 5.88 Å². The molecule has 3 aromatic rings. The molecule has 3 heterocycles. The number of fused-ring (bicyclic) bond motifs is 2. The van der Waals surface area contributed by atoms with E-state index in [1.165, 1.54) is 5.56 Å². The molecule has 5 rings (SSSR count). The van der Waals surface area contributed by atoms with Gasteiger partial charge in [0.25, 0.3) is 11.8 Å². The molecular weight excluding hydrogens is 460 g/mol. The van der Waals surface area contributed by atoms with Crippen LogP contribution in [0.25, 0.3) is 11.5 Å². The molecule has 1 N–H and O–H groups in total. The van der Waals surface area contributed by atoms with Gasteiger partial charge in [-0.3, -0.25) is 4.79 Å². The molecule has 36 heavy (non-hydrogen) atoms. The lowest BCUT2D eigenvalue weighted by molar-refractivity contribution is -0.137. The molecule has 0 saturated heterocycles. The average Bonchev–Trinajstić information content (AvgIpc) is 3.34. The van der Waals surface area contributed by atoms with E-state index in [4.69, 9.17) is 14.4 Å². The van der Waals surface area contributed by atoms with Crippen LogP contribution in [0.5, 0.6) is 5.88 Å². The summed E-state index contributed by atoms with van der Waals surface area (Å²) in [4.78, 5) is 23.9. The van der Waals surface area contributed by atoms with Crippen molar-refractivity contribution in [2.24, 2.45) is 0 Å². The minimum Gasteiger partial charge on any atom is -0.481 e. The third-order valence-corrected chi connectivity index (χ3v) is 6.62. The molecule has 1 fully saturated rings. The zero-order chi connectivity index (χ0) is 25.4. The zero-order valence-corrected chi connectivity index (χ0v) is 20.6. The number of hydrogen-bond acceptors (Lipinski definition) is 9. The fraction of sp³-hybridized carbons (Fsp3) is 0.423. The number of hydrogen-bond donors (Lipinski definition) is 1. The Kier molecular flexibility index (Phi) is 6.10. The molecule has 1 aliphatic heterocycles. The molecular formula is C26H28N6O4. The van der Waals surface area contributed by atoms with E-state index in [-0.39, 0.29) is 23.8 Å². The maximum absolute atomic E-state index is 10.9. The van der Waals surface area contributed by atoms with E-state index >= 15 is 0 Å². The van der Waals surface area contributed by atoms with E-state index in [2.05, 4.69) is 44.3 Å². The number of ether oxygens (including phenoxy) is 1. The van der Waals surface area contributed by atoms with Crippen molar-refractivity contribution in [1.82, 2.24) is 20.0 Å². The Morgan fingerprint density at radius 3 is 2.86 bits per heavy atom. The van der Waals surface area contributed by atoms with Crippen LogP contribution >= 0.6 is 0 Å². The predicted molar refractivity (Wildman–Crippen MR) is 131 cm³/mol. The van der Waals surface area contributed by atoms with Crippen LogP contribution < -0.4 is 9.64 Å². The topological polar surface area (TPSA) is 129 Å². The number of rotatable bonds is 9. The van der Waals surface area contributed by atoms with Crippen molar-refractivity contribution in [2.45, 2.75) is 51.2 Å². The largest absolute Gasteiger partial charge is 0.481 e. The first kappa shape index (κ1) is 23.8. The Hall–Kier alpha value is -3.97. The standard InChI is InChI=1S/C26H28N6O4/c1-16(2)35-23-18(12-27)11-19(13-28-23)24-29-25(30-36-24)32-15-26(7-8-26)20-10-17(4-5-21(20)32)14-31(3)9-6-22(33)34/h4-5,10-11,13,16H,6-9,14-15H2,1-3H3,(H,33,34). The molecule has 10 nitrogen and oxygen atoms in total. The van der Waals surface area contributed by atoms with Gasteiger partial charge in [-0.1, -0.05) is 12.1 Å². The fourth-order valence-corrected chi connectivity index (χ4v) is 4.66. The van der Waals surface area contributed by atoms with Gasteiger partial charge in [0, 0.05) is 36.9 Å². The lowest BCUT2D eigenvalue weighted by Gasteiger charge is -2.17. The summed E-state index contributed by atoms with van der Waals surface area (Å²) in [6.07, 6.45) is 3.81. The molecule has 0 bridgehead atoms. The highest BCUT2D eigenvalue weighted by Crippen LogP contribution is 2.58. The Morgan fingerprint density at radius 2 is 2.17 bits per heavy atom. The molecule has 0 atom stereocenters. The number of carbonyl (C=O) groups is 1. The van der Waals surface area contributed by atoms with Crippen LogP contribution in [0.2, 0.25) is 0 Å². The molecule has 1 aliphatic carbocycles. The normalized spacial score (nSPS) is 15.4. The van der Waals surface area contributed by atoms with Crippen LogP contribution in [0.15, 0.2) is 35.0 Å². The minimum absolute atomic E-state index is 0.0944. The van der Waals surface area contributed by atoms with Gasteiger partial charge >= 0.3 is 5.97 Å². The van der Waals surface area contributed by atoms with Crippen molar-refractivity contribution in [3.63, 3.8) is 0 Å². The van der Waals surface area contributed by atoms with Gasteiger partial charge in [-0.15, -0.1) is 0 Å². The van der Waals surface area contributed by atoms with E-state index in [0.29, 0.717) is 36.1 Å². The van der Waals surface area contributed by atoms with Crippen molar-refractivity contribution < 1.29 is 19.2 Å². The molecule has 1 saturated carbocycles. The Bertz CT molecular complexity index is 1340. The van der Waals surface area contributed by atoms with E-state index in [1.807, 2.05) is 25.8 Å². The number of pyridine rings is 1. The van der Waals surface area contributed by atoms with Gasteiger partial charge < -0.3 is 24.2 Å². The summed E-state index contributed by atoms with van der Waals surface area (Å²) in [5, 5.41) is 22.7. The number of aliphatic carboxylic acids is 1. The number of benzene rings is 1. The van der Waals surface area contributed by atoms with Gasteiger partial charge in [-0.25, -0.2) is 4.98 Å². The second kappa shape index (κ2) is 9.24. The molecule has 2 aliphatic rings. The van der Waals surface area contributed by atoms with Gasteiger partial charge in [0.15, 0.2) is 0 Å². The van der Waals surface area contributed by atoms with Gasteiger partial charge in [-0.05, 0) is 62.2 Å². The SMILES string of the molecule is CC(C)Oc1ncc(-c2nc(N3CC4(CC4)c4cc(CN(C)CCC(=O)O)ccc43)no2)cc1C#N. The van der Waals surface area contributed by atoms with Gasteiger partial charge in [0.05, 0.1) is 18.1 Å². The first-order valence-corrected chi connectivity index (χ1v) is 12.0. The lowest BCUT2D eigenvalue weighted by atomic mass is 9.96. The highest BCUT2D eigenvalue weighted by molar-refractivity contribution is 5.72. The summed E-state index contributed by atoms with van der Waals surface area (Å²) in [5.74, 6) is 0.259. The second-order valence-electron chi connectivity index (χ2n) is 9.85. The molecule has 1 spiro atoms. The molecule has 0 unspecified atom stereocenters. The third kappa shape index (κ3) is 4.62. The molecule has 10 heteroatoms. The average molecular weight is 489 g/mol. The molecule has 186 valence electrons. The lowest BCUT2D eigenvalue weighted by Crippen LogP contribution is -2.21. The summed E-state index contributed by atoms with van der Waals surface area (Å²) in [7, 11) is 1.93. The van der Waals surface area contributed by atoms with Crippen molar-refractivity contribution in [1.29, 1.82) is 5.26 Å². The van der Waals surface area contributed by atoms with Crippen LogP contribution in [0.4, 0.5) is 11.6 Å². The number of aromatic nitrogens is 3. The Labute approximate surface area is 209 Å². The summed E-state index contributed by atoms with van der Waals surface area (Å²) in [5.41, 5.74) is 4.46. The predicted octanol–water partition coefficient (Wildman–Crippen LogP) is 3.88. The molecule has 0 radical (unpaired) electrons. The van der Waals surface area contributed by atoms with Crippen molar-refractivity contribution in [2.75, 3.05) is 25.0 Å². The quantitative estimate of drug-likeness (QED) is 0.474. The summed E-state index contributed by atoms with van der Waals surface area (Å²) < 4.78 is 11.2. The van der Waals surface area contributed by atoms with Crippen molar-refractivity contribution in [3.8, 4) is 23.4 Å². The van der Waals surface area contributed by atoms with E-state index in [9.17, 15) is 10.1 Å². The van der Waals surface area contributed by atoms with Crippen LogP contribution in [-0.2, 0) is 16.8 Å². The van der Waals surface area contributed by atoms with Crippen LogP contribution in [0.1, 0.15) is 49.8 Å². The van der Waals surface area contributed by atoms with Crippen molar-refractivity contribution in [3.05, 3.63) is 47.2 Å². The summed E-state index contributed by atoms with van der Waals surface area (Å²) in [6.45, 7) is 5.73. The maximum atomic E-state index is 10.9. The number of nitriles is 1. The number of nitrogens with zero attached hydrogens (tertiary/aromatic N) is 6. The molecule has 2 aromatic heterocycles. The fourth-order valence-electron chi connectivity index (χ4n) is 4.66. The van der Waals surface area contributed by atoms with Gasteiger partial charge in [0.1, 0.15) is 11.6 Å². The number of anilines is 2. The van der Waals surface area contributed by atoms with E-state index < -0.39 is 5.97 Å². The highest BCUT2D eigenvalue weighted by atomic mass is 16.5. The molecule has 0 amide bonds. The summed E-state index contributed by atoms with van der Waals surface area (Å²) in [6, 6.07) is 10.2. The zero-order valence-electron chi connectivity index (χ0n) is 20.6. The van der Waals surface area contributed by atoms with E-state index in [1.54, 1.807) is 12.3 Å². The Balaban J connectivity index is 1.37. The third-order valence-electron chi connectivity index (χ3n) is 6.62. The van der Waals surface area contributed by atoms with Crippen molar-refractivity contribution >= 4 is 17.6 Å². The minimum atomic E-state index is -0.790. The summed E-state index contributed by atoms with van der Waals surface area (Å²) >= 11 is 0. The first-order chi connectivity index (χ1) is 17.3. The number of carboxylic acids is 1. The monoisotopic (exact) mass is 488 g/mol. The number of carboxylic acid groups (broad SMARTS) is 1. The van der Waals surface area contributed by atoms with E-state index in [0.717, 1.165) is 30.6 Å². The maximum Gasteiger partial charge on any atom is 0.304 e. The second-order valence-corrected chi connectivity index (χ2v) is 9.85. The van der Waals surface area contributed by atoms with Gasteiger partial charge in [-0.2, -0.15) is 10.2 Å². The molecule has 1 aromatic carbocycles. The Morgan fingerprint density at radius 1 is 1.36 bits per heavy atom. The first-order valence-electron chi connectivity index (χ1n) is 12.0. The van der Waals surface area contributed by atoms with Crippen LogP contribution in [-0.4, -0.2) is 57.3 Å². The van der Waals surface area contributed by atoms with Crippen LogP contribution in [0, 0.1) is 11.3 Å². The smallest absolute Gasteiger partial charge is 0.304 e. The highest BCUT2D eigenvalue weighted by Gasteiger charge is 2.52. The van der Waals surface area contributed by atoms with Crippen LogP contribution in [0.3, 0.4) is 0 Å².